The van der Waals surface area contributed by atoms with Crippen LogP contribution in [0.4, 0.5) is 0 Å². The predicted octanol–water partition coefficient (Wildman–Crippen LogP) is 10.2. The smallest absolute Gasteiger partial charge is 0.408 e. The van der Waals surface area contributed by atoms with Gasteiger partial charge in [-0.3, -0.25) is 0 Å². The van der Waals surface area contributed by atoms with E-state index in [4.69, 9.17) is 13.6 Å². The van der Waals surface area contributed by atoms with Crippen LogP contribution in [0.3, 0.4) is 0 Å². The van der Waals surface area contributed by atoms with Crippen LogP contribution in [0.5, 0.6) is 17.2 Å². The Morgan fingerprint density at radius 2 is 0.581 bits per heavy atom. The van der Waals surface area contributed by atoms with Crippen molar-refractivity contribution in [1.29, 1.82) is 0 Å². The molecule has 43 heavy (non-hydrogen) atoms. The van der Waals surface area contributed by atoms with Crippen LogP contribution in [0, 0.1) is 0 Å². The topological polar surface area (TPSA) is 27.7 Å². The molecule has 0 N–H and O–H groups in total. The molecule has 0 aromatic heterocycles. The summed E-state index contributed by atoms with van der Waals surface area (Å²) in [6.07, 6.45) is 2.46. The highest BCUT2D eigenvalue weighted by Crippen LogP contribution is 2.43. The first-order chi connectivity index (χ1) is 21.2. The number of hydrogen-bond acceptors (Lipinski definition) is 3. The van der Waals surface area contributed by atoms with Crippen molar-refractivity contribution in [2.75, 3.05) is 0 Å². The largest absolute Gasteiger partial charge is 0.530 e. The minimum absolute atomic E-state index is 0.709. The lowest BCUT2D eigenvalue weighted by atomic mass is 10.1. The van der Waals surface area contributed by atoms with Gasteiger partial charge in [0.1, 0.15) is 17.2 Å². The summed E-state index contributed by atoms with van der Waals surface area (Å²) in [4.78, 5) is 0. The predicted molar refractivity (Wildman–Crippen MR) is 176 cm³/mol. The molecule has 0 unspecified atom stereocenters. The van der Waals surface area contributed by atoms with Crippen molar-refractivity contribution in [2.24, 2.45) is 0 Å². The van der Waals surface area contributed by atoms with Gasteiger partial charge in [-0.25, -0.2) is 0 Å². The van der Waals surface area contributed by atoms with E-state index in [1.165, 1.54) is 16.7 Å². The van der Waals surface area contributed by atoms with Crippen molar-refractivity contribution in [3.8, 4) is 17.2 Å². The van der Waals surface area contributed by atoms with Gasteiger partial charge in [0.15, 0.2) is 0 Å². The van der Waals surface area contributed by atoms with E-state index in [-0.39, 0.29) is 0 Å². The van der Waals surface area contributed by atoms with Crippen LogP contribution in [-0.2, 0) is 19.3 Å². The Hall–Kier alpha value is -4.85. The highest BCUT2D eigenvalue weighted by Gasteiger charge is 2.21. The van der Waals surface area contributed by atoms with E-state index in [1.54, 1.807) is 0 Å². The fourth-order valence-electron chi connectivity index (χ4n) is 4.95. The van der Waals surface area contributed by atoms with E-state index in [0.29, 0.717) is 17.2 Å². The fourth-order valence-corrected chi connectivity index (χ4v) is 5.91. The molecule has 0 fully saturated rings. The molecule has 6 rings (SSSR count). The molecule has 6 aromatic rings. The number of benzene rings is 6. The molecule has 0 saturated heterocycles. The molecule has 0 atom stereocenters. The third-order valence-corrected chi connectivity index (χ3v) is 8.07. The third-order valence-electron chi connectivity index (χ3n) is 6.99. The average molecular weight is 581 g/mol. The lowest BCUT2D eigenvalue weighted by Gasteiger charge is -2.19. The van der Waals surface area contributed by atoms with E-state index < -0.39 is 8.60 Å². The van der Waals surface area contributed by atoms with Crippen molar-refractivity contribution in [3.05, 3.63) is 197 Å². The fraction of sp³-hybridized carbons (Fsp3) is 0.0769. The Morgan fingerprint density at radius 1 is 0.302 bits per heavy atom. The molecular weight excluding hydrogens is 547 g/mol. The number of hydrogen-bond donors (Lipinski definition) is 0. The Morgan fingerprint density at radius 3 is 0.884 bits per heavy atom. The summed E-state index contributed by atoms with van der Waals surface area (Å²) in [5.41, 5.74) is 7.23. The highest BCUT2D eigenvalue weighted by molar-refractivity contribution is 7.43. The van der Waals surface area contributed by atoms with Gasteiger partial charge in [-0.15, -0.1) is 0 Å². The zero-order valence-corrected chi connectivity index (χ0v) is 24.8. The van der Waals surface area contributed by atoms with Gasteiger partial charge < -0.3 is 13.6 Å². The van der Waals surface area contributed by atoms with E-state index in [1.807, 2.05) is 54.6 Å². The Bertz CT molecular complexity index is 1520. The maximum absolute atomic E-state index is 6.44. The van der Waals surface area contributed by atoms with Crippen LogP contribution in [0.15, 0.2) is 164 Å². The minimum atomic E-state index is -1.80. The van der Waals surface area contributed by atoms with Gasteiger partial charge in [-0.1, -0.05) is 127 Å². The molecule has 0 heterocycles. The van der Waals surface area contributed by atoms with Crippen molar-refractivity contribution < 1.29 is 13.6 Å². The molecular formula is C39H33O3P. The molecule has 0 bridgehead atoms. The second-order valence-electron chi connectivity index (χ2n) is 10.4. The third kappa shape index (κ3) is 8.58. The lowest BCUT2D eigenvalue weighted by Crippen LogP contribution is -2.03. The van der Waals surface area contributed by atoms with Gasteiger partial charge in [0, 0.05) is 0 Å². The summed E-state index contributed by atoms with van der Waals surface area (Å²) in [7, 11) is -1.80. The Labute approximate surface area is 255 Å². The monoisotopic (exact) mass is 580 g/mol. The molecule has 6 aromatic carbocycles. The normalized spacial score (nSPS) is 10.8. The van der Waals surface area contributed by atoms with Gasteiger partial charge in [-0.2, -0.15) is 0 Å². The molecule has 0 aliphatic carbocycles. The van der Waals surface area contributed by atoms with Crippen molar-refractivity contribution in [1.82, 2.24) is 0 Å². The molecule has 212 valence electrons. The van der Waals surface area contributed by atoms with Crippen molar-refractivity contribution in [2.45, 2.75) is 19.3 Å². The van der Waals surface area contributed by atoms with E-state index in [9.17, 15) is 0 Å². The molecule has 0 radical (unpaired) electrons. The summed E-state index contributed by atoms with van der Waals surface area (Å²) < 4.78 is 19.3. The van der Waals surface area contributed by atoms with Crippen molar-refractivity contribution >= 4 is 8.60 Å². The first-order valence-electron chi connectivity index (χ1n) is 14.5. The first-order valence-corrected chi connectivity index (χ1v) is 15.6. The van der Waals surface area contributed by atoms with E-state index >= 15 is 0 Å². The highest BCUT2D eigenvalue weighted by atomic mass is 31.2. The van der Waals surface area contributed by atoms with Crippen molar-refractivity contribution in [3.63, 3.8) is 0 Å². The maximum atomic E-state index is 6.44. The maximum Gasteiger partial charge on any atom is 0.530 e. The molecule has 0 amide bonds. The molecule has 0 spiro atoms. The zero-order valence-electron chi connectivity index (χ0n) is 23.9. The molecule has 0 saturated carbocycles. The van der Waals surface area contributed by atoms with Gasteiger partial charge in [-0.05, 0) is 89.0 Å². The second kappa shape index (κ2) is 14.4. The summed E-state index contributed by atoms with van der Waals surface area (Å²) in [6, 6.07) is 55.7. The Balaban J connectivity index is 1.23. The molecule has 3 nitrogen and oxygen atoms in total. The van der Waals surface area contributed by atoms with Gasteiger partial charge in [0.25, 0.3) is 0 Å². The standard InChI is InChI=1S/C39H33O3P/c1-4-13-31(14-5-1)25-34-19-10-22-37(28-34)40-43(41-38-23-11-20-35(29-38)26-32-15-6-2-7-16-32)42-39-24-12-21-36(30-39)27-33-17-8-3-9-18-33/h1-24,28-30H,25-27H2. The van der Waals surface area contributed by atoms with Crippen LogP contribution in [0.1, 0.15) is 33.4 Å². The van der Waals surface area contributed by atoms with E-state index in [2.05, 4.69) is 109 Å². The summed E-state index contributed by atoms with van der Waals surface area (Å²) in [5, 5.41) is 0. The molecule has 0 aliphatic heterocycles. The first kappa shape index (κ1) is 28.3. The summed E-state index contributed by atoms with van der Waals surface area (Å²) >= 11 is 0. The molecule has 4 heteroatoms. The number of rotatable bonds is 12. The van der Waals surface area contributed by atoms with Crippen LogP contribution in [-0.4, -0.2) is 0 Å². The minimum Gasteiger partial charge on any atom is -0.408 e. The quantitative estimate of drug-likeness (QED) is 0.135. The Kier molecular flexibility index (Phi) is 9.44. The van der Waals surface area contributed by atoms with Gasteiger partial charge >= 0.3 is 8.60 Å². The van der Waals surface area contributed by atoms with Crippen LogP contribution in [0.25, 0.3) is 0 Å². The average Bonchev–Trinajstić information content (AvgIpc) is 3.03. The van der Waals surface area contributed by atoms with Crippen LogP contribution >= 0.6 is 8.60 Å². The zero-order chi connectivity index (χ0) is 29.1. The summed E-state index contributed by atoms with van der Waals surface area (Å²) in [5.74, 6) is 2.13. The van der Waals surface area contributed by atoms with Gasteiger partial charge in [0.05, 0.1) is 0 Å². The van der Waals surface area contributed by atoms with E-state index in [0.717, 1.165) is 36.0 Å². The second-order valence-corrected chi connectivity index (χ2v) is 11.4. The van der Waals surface area contributed by atoms with Gasteiger partial charge in [0.2, 0.25) is 0 Å². The SMILES string of the molecule is c1ccc(Cc2cccc(OP(Oc3cccc(Cc4ccccc4)c3)Oc3cccc(Cc4ccccc4)c3)c2)cc1. The van der Waals surface area contributed by atoms with Crippen LogP contribution in [0.2, 0.25) is 0 Å². The summed E-state index contributed by atoms with van der Waals surface area (Å²) in [6.45, 7) is 0. The lowest BCUT2D eigenvalue weighted by molar-refractivity contribution is 0.388. The van der Waals surface area contributed by atoms with Crippen LogP contribution < -0.4 is 13.6 Å². The molecule has 0 aliphatic rings.